The Balaban J connectivity index is 0.000000141. The lowest BCUT2D eigenvalue weighted by molar-refractivity contribution is 1.38. The van der Waals surface area contributed by atoms with Gasteiger partial charge < -0.3 is 0 Å². The first-order valence-electron chi connectivity index (χ1n) is 8.47. The van der Waals surface area contributed by atoms with E-state index in [2.05, 4.69) is 100 Å². The van der Waals surface area contributed by atoms with Crippen LogP contribution in [0.4, 0.5) is 0 Å². The highest BCUT2D eigenvalue weighted by Gasteiger charge is 1.97. The molecule has 4 aromatic carbocycles. The fraction of sp³-hybridized carbons (Fsp3) is 0.167. The fourth-order valence-electron chi connectivity index (χ4n) is 3.10. The Hall–Kier alpha value is -2.60. The van der Waals surface area contributed by atoms with Crippen molar-refractivity contribution < 1.29 is 0 Å². The van der Waals surface area contributed by atoms with Crippen LogP contribution in [0, 0.1) is 27.7 Å². The molecule has 0 nitrogen and oxygen atoms in total. The molecule has 0 aromatic heterocycles. The minimum atomic E-state index is 1.33. The normalized spacial score (nSPS) is 10.5. The Kier molecular flexibility index (Phi) is 4.66. The van der Waals surface area contributed by atoms with E-state index in [1.165, 1.54) is 43.8 Å². The van der Waals surface area contributed by atoms with Gasteiger partial charge in [0.2, 0.25) is 0 Å². The Morgan fingerprint density at radius 2 is 1.25 bits per heavy atom. The molecule has 0 atom stereocenters. The van der Waals surface area contributed by atoms with Crippen molar-refractivity contribution in [3.8, 4) is 0 Å². The zero-order valence-corrected chi connectivity index (χ0v) is 14.9. The smallest absolute Gasteiger partial charge is 0.0152 e. The van der Waals surface area contributed by atoms with Crippen LogP contribution in [-0.2, 0) is 0 Å². The summed E-state index contributed by atoms with van der Waals surface area (Å²) in [5.74, 6) is 0. The molecule has 0 aliphatic carbocycles. The van der Waals surface area contributed by atoms with Gasteiger partial charge in [-0.3, -0.25) is 0 Å². The highest BCUT2D eigenvalue weighted by molar-refractivity contribution is 5.86. The summed E-state index contributed by atoms with van der Waals surface area (Å²) in [7, 11) is 0. The molecule has 0 radical (unpaired) electrons. The fourth-order valence-corrected chi connectivity index (χ4v) is 3.10. The molecule has 0 N–H and O–H groups in total. The van der Waals surface area contributed by atoms with Crippen molar-refractivity contribution in [3.63, 3.8) is 0 Å². The molecule has 0 saturated heterocycles. The monoisotopic (exact) mass is 312 g/mol. The molecule has 24 heavy (non-hydrogen) atoms. The lowest BCUT2D eigenvalue weighted by Crippen LogP contribution is -1.82. The summed E-state index contributed by atoms with van der Waals surface area (Å²) in [6.07, 6.45) is 0. The van der Waals surface area contributed by atoms with Gasteiger partial charge in [-0.25, -0.2) is 0 Å². The van der Waals surface area contributed by atoms with Gasteiger partial charge in [-0.2, -0.15) is 0 Å². The van der Waals surface area contributed by atoms with E-state index in [1.807, 2.05) is 0 Å². The van der Waals surface area contributed by atoms with Crippen molar-refractivity contribution in [2.45, 2.75) is 27.7 Å². The Morgan fingerprint density at radius 1 is 0.500 bits per heavy atom. The number of hydrogen-bond donors (Lipinski definition) is 0. The molecule has 0 aliphatic heterocycles. The highest BCUT2D eigenvalue weighted by Crippen LogP contribution is 2.20. The summed E-state index contributed by atoms with van der Waals surface area (Å²) < 4.78 is 0. The van der Waals surface area contributed by atoms with Crippen molar-refractivity contribution in [2.75, 3.05) is 0 Å². The van der Waals surface area contributed by atoms with Gasteiger partial charge in [0, 0.05) is 0 Å². The molecule has 0 heterocycles. The lowest BCUT2D eigenvalue weighted by atomic mass is 10.0. The molecule has 120 valence electrons. The van der Waals surface area contributed by atoms with Crippen LogP contribution in [0.25, 0.3) is 21.5 Å². The third kappa shape index (κ3) is 3.33. The minimum Gasteiger partial charge on any atom is -0.0616 e. The summed E-state index contributed by atoms with van der Waals surface area (Å²) in [4.78, 5) is 0. The second-order valence-corrected chi connectivity index (χ2v) is 6.53. The topological polar surface area (TPSA) is 0 Å². The summed E-state index contributed by atoms with van der Waals surface area (Å²) in [5, 5.41) is 5.41. The van der Waals surface area contributed by atoms with Gasteiger partial charge in [-0.05, 0) is 65.9 Å². The molecule has 4 rings (SSSR count). The van der Waals surface area contributed by atoms with Gasteiger partial charge in [0.15, 0.2) is 0 Å². The molecular formula is C24H24. The zero-order chi connectivity index (χ0) is 17.1. The number of hydrogen-bond acceptors (Lipinski definition) is 0. The van der Waals surface area contributed by atoms with Crippen LogP contribution in [0.5, 0.6) is 0 Å². The predicted octanol–water partition coefficient (Wildman–Crippen LogP) is 6.91. The number of fused-ring (bicyclic) bond motifs is 2. The summed E-state index contributed by atoms with van der Waals surface area (Å²) in [6, 6.07) is 25.9. The van der Waals surface area contributed by atoms with E-state index in [4.69, 9.17) is 0 Å². The summed E-state index contributed by atoms with van der Waals surface area (Å²) in [5.41, 5.74) is 5.45. The second kappa shape index (κ2) is 6.88. The van der Waals surface area contributed by atoms with Gasteiger partial charge in [0.05, 0.1) is 0 Å². The van der Waals surface area contributed by atoms with Gasteiger partial charge in [0.25, 0.3) is 0 Å². The highest BCUT2D eigenvalue weighted by atomic mass is 14.0. The Labute approximate surface area is 144 Å². The van der Waals surface area contributed by atoms with Crippen LogP contribution in [0.2, 0.25) is 0 Å². The number of benzene rings is 4. The van der Waals surface area contributed by atoms with Gasteiger partial charge in [-0.15, -0.1) is 0 Å². The van der Waals surface area contributed by atoms with Gasteiger partial charge in [-0.1, -0.05) is 78.4 Å². The van der Waals surface area contributed by atoms with Crippen molar-refractivity contribution >= 4 is 21.5 Å². The van der Waals surface area contributed by atoms with Crippen LogP contribution in [0.3, 0.4) is 0 Å². The number of rotatable bonds is 0. The quantitative estimate of drug-likeness (QED) is 0.331. The predicted molar refractivity (Wildman–Crippen MR) is 107 cm³/mol. The third-order valence-corrected chi connectivity index (χ3v) is 4.72. The SMILES string of the molecule is Cc1ccc2c(C)cccc2c1.Cc1ccc2ccccc2c1C. The van der Waals surface area contributed by atoms with E-state index in [9.17, 15) is 0 Å². The van der Waals surface area contributed by atoms with Crippen LogP contribution >= 0.6 is 0 Å². The molecule has 0 unspecified atom stereocenters. The summed E-state index contributed by atoms with van der Waals surface area (Å²) >= 11 is 0. The lowest BCUT2D eigenvalue weighted by Gasteiger charge is -2.04. The van der Waals surface area contributed by atoms with Crippen molar-refractivity contribution in [3.05, 3.63) is 95.1 Å². The molecule has 4 aromatic rings. The maximum Gasteiger partial charge on any atom is -0.0152 e. The number of aryl methyl sites for hydroxylation is 4. The Morgan fingerprint density at radius 3 is 2.08 bits per heavy atom. The van der Waals surface area contributed by atoms with Crippen molar-refractivity contribution in [2.24, 2.45) is 0 Å². The molecule has 0 heteroatoms. The average Bonchev–Trinajstić information content (AvgIpc) is 2.59. The van der Waals surface area contributed by atoms with Crippen LogP contribution in [0.15, 0.2) is 72.8 Å². The molecule has 0 spiro atoms. The van der Waals surface area contributed by atoms with E-state index in [-0.39, 0.29) is 0 Å². The first-order valence-corrected chi connectivity index (χ1v) is 8.47. The van der Waals surface area contributed by atoms with E-state index < -0.39 is 0 Å². The average molecular weight is 312 g/mol. The molecule has 0 amide bonds. The Bertz CT molecular complexity index is 993. The third-order valence-electron chi connectivity index (χ3n) is 4.72. The maximum atomic E-state index is 2.22. The molecule has 0 saturated carbocycles. The minimum absolute atomic E-state index is 1.33. The van der Waals surface area contributed by atoms with E-state index in [0.29, 0.717) is 0 Å². The zero-order valence-electron chi connectivity index (χ0n) is 14.9. The molecule has 0 bridgehead atoms. The largest absolute Gasteiger partial charge is 0.0616 e. The van der Waals surface area contributed by atoms with Crippen molar-refractivity contribution in [1.29, 1.82) is 0 Å². The standard InChI is InChI=1S/2C12H12/c1-9-6-7-12-10(2)4-3-5-11(12)8-9;1-9-7-8-11-5-3-4-6-12(11)10(9)2/h2*3-8H,1-2H3. The van der Waals surface area contributed by atoms with Gasteiger partial charge >= 0.3 is 0 Å². The molecule has 0 aliphatic rings. The maximum absolute atomic E-state index is 2.22. The van der Waals surface area contributed by atoms with Crippen molar-refractivity contribution in [1.82, 2.24) is 0 Å². The molecular weight excluding hydrogens is 288 g/mol. The van der Waals surface area contributed by atoms with E-state index in [0.717, 1.165) is 0 Å². The van der Waals surface area contributed by atoms with Crippen LogP contribution in [-0.4, -0.2) is 0 Å². The first kappa shape index (κ1) is 16.3. The van der Waals surface area contributed by atoms with Crippen LogP contribution < -0.4 is 0 Å². The van der Waals surface area contributed by atoms with E-state index in [1.54, 1.807) is 0 Å². The summed E-state index contributed by atoms with van der Waals surface area (Å²) in [6.45, 7) is 8.61. The van der Waals surface area contributed by atoms with Gasteiger partial charge in [0.1, 0.15) is 0 Å². The first-order chi connectivity index (χ1) is 11.6. The van der Waals surface area contributed by atoms with Crippen LogP contribution in [0.1, 0.15) is 22.3 Å². The molecule has 0 fully saturated rings. The second-order valence-electron chi connectivity index (χ2n) is 6.53. The van der Waals surface area contributed by atoms with E-state index >= 15 is 0 Å².